The number of ether oxygens (including phenoxy) is 2. The summed E-state index contributed by atoms with van der Waals surface area (Å²) in [7, 11) is 0.826. The molecule has 1 amide bonds. The molecule has 0 fully saturated rings. The predicted octanol–water partition coefficient (Wildman–Crippen LogP) is 7.22. The second kappa shape index (κ2) is 11.1. The number of rotatable bonds is 5. The Balaban J connectivity index is 2.36. The number of benzene rings is 2. The lowest BCUT2D eigenvalue weighted by molar-refractivity contribution is -0.145. The average molecular weight is 586 g/mol. The van der Waals surface area contributed by atoms with E-state index in [2.05, 4.69) is 0 Å². The Kier molecular flexibility index (Phi) is 8.56. The molecule has 2 aromatic rings. The summed E-state index contributed by atoms with van der Waals surface area (Å²) in [6.45, 7) is 2.52. The first-order valence-corrected chi connectivity index (χ1v) is 11.7. The van der Waals surface area contributed by atoms with Gasteiger partial charge in [-0.1, -0.05) is 6.92 Å². The van der Waals surface area contributed by atoms with Crippen molar-refractivity contribution in [1.29, 1.82) is 0 Å². The van der Waals surface area contributed by atoms with Crippen LogP contribution in [-0.4, -0.2) is 38.4 Å². The largest absolute Gasteiger partial charge is 0.467 e. The highest BCUT2D eigenvalue weighted by atomic mass is 19.4. The number of hydrogen-bond donors (Lipinski definition) is 0. The number of carbonyl (C=O) groups excluding carboxylic acids is 2. The summed E-state index contributed by atoms with van der Waals surface area (Å²) < 4.78 is 132. The molecule has 2 atom stereocenters. The highest BCUT2D eigenvalue weighted by Crippen LogP contribution is 2.46. The van der Waals surface area contributed by atoms with Gasteiger partial charge in [0.2, 0.25) is 0 Å². The van der Waals surface area contributed by atoms with E-state index in [-0.39, 0.29) is 24.8 Å². The number of nitrogens with zero attached hydrogens (tertiary/aromatic N) is 2. The molecule has 1 heterocycles. The number of anilines is 2. The van der Waals surface area contributed by atoms with Gasteiger partial charge in [-0.2, -0.15) is 39.5 Å². The fraction of sp³-hybridized carbons (Fsp3) is 0.440. The molecule has 220 valence electrons. The van der Waals surface area contributed by atoms with Crippen molar-refractivity contribution in [2.24, 2.45) is 0 Å². The molecule has 0 saturated heterocycles. The fourth-order valence-corrected chi connectivity index (χ4v) is 4.43. The van der Waals surface area contributed by atoms with Crippen LogP contribution in [0.4, 0.5) is 55.7 Å². The van der Waals surface area contributed by atoms with Crippen molar-refractivity contribution >= 4 is 23.4 Å². The smallest absolute Gasteiger partial charge is 0.416 e. The van der Waals surface area contributed by atoms with Crippen LogP contribution in [0.25, 0.3) is 0 Å². The Labute approximate surface area is 222 Å². The van der Waals surface area contributed by atoms with Crippen molar-refractivity contribution in [3.05, 3.63) is 58.7 Å². The molecular formula is C25H23F9N2O4. The highest BCUT2D eigenvalue weighted by Gasteiger charge is 2.44. The lowest BCUT2D eigenvalue weighted by Gasteiger charge is -2.45. The number of carbonyl (C=O) groups is 2. The Morgan fingerprint density at radius 2 is 1.40 bits per heavy atom. The first-order chi connectivity index (χ1) is 18.4. The number of esters is 1. The van der Waals surface area contributed by atoms with Crippen LogP contribution in [0.1, 0.15) is 48.6 Å². The average Bonchev–Trinajstić information content (AvgIpc) is 2.86. The van der Waals surface area contributed by atoms with Crippen molar-refractivity contribution in [2.45, 2.75) is 50.9 Å². The van der Waals surface area contributed by atoms with Crippen LogP contribution in [0.15, 0.2) is 36.4 Å². The molecule has 0 aliphatic carbocycles. The maximum Gasteiger partial charge on any atom is 0.416 e. The number of halogens is 9. The summed E-state index contributed by atoms with van der Waals surface area (Å²) in [5.74, 6) is -1.34. The lowest BCUT2D eigenvalue weighted by atomic mass is 9.95. The number of hydrogen-bond acceptors (Lipinski definition) is 5. The van der Waals surface area contributed by atoms with Gasteiger partial charge < -0.3 is 14.4 Å². The van der Waals surface area contributed by atoms with Crippen LogP contribution in [-0.2, 0) is 32.8 Å². The zero-order valence-electron chi connectivity index (χ0n) is 21.2. The van der Waals surface area contributed by atoms with Gasteiger partial charge in [0.25, 0.3) is 0 Å². The Morgan fingerprint density at radius 1 is 0.850 bits per heavy atom. The van der Waals surface area contributed by atoms with Crippen LogP contribution in [0.2, 0.25) is 0 Å². The standard InChI is InChI=1S/C25H23F9N2O4/c1-4-17-12-35(19-11-14(23(26,27)28)6-7-18(19)36(17)22(38)40-5-2)20(21(37)39-3)13-8-15(24(29,30)31)10-16(9-13)25(32,33)34/h6-11,17,20H,4-5,12H2,1-3H3/t17-,20-/m1/s1. The molecule has 1 aliphatic heterocycles. The minimum Gasteiger partial charge on any atom is -0.467 e. The second-order valence-corrected chi connectivity index (χ2v) is 8.75. The van der Waals surface area contributed by atoms with Gasteiger partial charge in [0.15, 0.2) is 6.04 Å². The maximum absolute atomic E-state index is 13.7. The van der Waals surface area contributed by atoms with Crippen molar-refractivity contribution in [3.8, 4) is 0 Å². The monoisotopic (exact) mass is 586 g/mol. The number of methoxy groups -OCH3 is 1. The SMILES string of the molecule is CCOC(=O)N1c2ccc(C(F)(F)F)cc2N([C@@H](C(=O)OC)c2cc(C(F)(F)F)cc(C(F)(F)F)c2)C[C@H]1CC. The summed E-state index contributed by atoms with van der Waals surface area (Å²) in [4.78, 5) is 27.7. The van der Waals surface area contributed by atoms with Crippen LogP contribution < -0.4 is 9.80 Å². The van der Waals surface area contributed by atoms with Gasteiger partial charge in [-0.3, -0.25) is 4.90 Å². The van der Waals surface area contributed by atoms with Gasteiger partial charge in [0.1, 0.15) is 0 Å². The highest BCUT2D eigenvalue weighted by molar-refractivity contribution is 5.96. The van der Waals surface area contributed by atoms with Crippen LogP contribution in [0.3, 0.4) is 0 Å². The molecule has 0 saturated carbocycles. The van der Waals surface area contributed by atoms with Gasteiger partial charge in [0.05, 0.1) is 47.8 Å². The van der Waals surface area contributed by atoms with Gasteiger partial charge in [0, 0.05) is 6.54 Å². The molecule has 0 aromatic heterocycles. The Bertz CT molecular complexity index is 1230. The molecule has 3 rings (SSSR count). The van der Waals surface area contributed by atoms with Gasteiger partial charge in [-0.25, -0.2) is 9.59 Å². The minimum atomic E-state index is -5.26. The molecule has 0 spiro atoms. The second-order valence-electron chi connectivity index (χ2n) is 8.75. The van der Waals surface area contributed by atoms with Crippen LogP contribution >= 0.6 is 0 Å². The summed E-state index contributed by atoms with van der Waals surface area (Å²) >= 11 is 0. The number of alkyl halides is 9. The Hall–Kier alpha value is -3.65. The van der Waals surface area contributed by atoms with E-state index in [9.17, 15) is 49.1 Å². The first-order valence-electron chi connectivity index (χ1n) is 11.7. The number of fused-ring (bicyclic) bond motifs is 1. The van der Waals surface area contributed by atoms with Crippen molar-refractivity contribution < 1.29 is 58.6 Å². The fourth-order valence-electron chi connectivity index (χ4n) is 4.43. The molecule has 0 unspecified atom stereocenters. The van der Waals surface area contributed by atoms with E-state index < -0.39 is 77.2 Å². The molecule has 15 heteroatoms. The third kappa shape index (κ3) is 6.22. The molecule has 0 N–H and O–H groups in total. The van der Waals surface area contributed by atoms with Gasteiger partial charge in [-0.15, -0.1) is 0 Å². The van der Waals surface area contributed by atoms with E-state index in [1.165, 1.54) is 6.92 Å². The molecule has 0 radical (unpaired) electrons. The quantitative estimate of drug-likeness (QED) is 0.274. The van der Waals surface area contributed by atoms with E-state index in [1.807, 2.05) is 0 Å². The molecule has 40 heavy (non-hydrogen) atoms. The van der Waals surface area contributed by atoms with E-state index >= 15 is 0 Å². The normalized spacial score (nSPS) is 16.9. The van der Waals surface area contributed by atoms with Gasteiger partial charge >= 0.3 is 30.6 Å². The van der Waals surface area contributed by atoms with Crippen LogP contribution in [0.5, 0.6) is 0 Å². The minimum absolute atomic E-state index is 0.0965. The van der Waals surface area contributed by atoms with Crippen molar-refractivity contribution in [3.63, 3.8) is 0 Å². The molecular weight excluding hydrogens is 563 g/mol. The van der Waals surface area contributed by atoms with Crippen molar-refractivity contribution in [2.75, 3.05) is 30.1 Å². The lowest BCUT2D eigenvalue weighted by Crippen LogP contribution is -2.53. The molecule has 6 nitrogen and oxygen atoms in total. The summed E-state index contributed by atoms with van der Waals surface area (Å²) in [5.41, 5.74) is -6.16. The Morgan fingerprint density at radius 3 is 1.85 bits per heavy atom. The third-order valence-electron chi connectivity index (χ3n) is 6.24. The number of amides is 1. The van der Waals surface area contributed by atoms with E-state index in [1.54, 1.807) is 6.92 Å². The predicted molar refractivity (Wildman–Crippen MR) is 124 cm³/mol. The van der Waals surface area contributed by atoms with E-state index in [0.29, 0.717) is 24.3 Å². The summed E-state index contributed by atoms with van der Waals surface area (Å²) in [6.07, 6.45) is -16.3. The zero-order valence-corrected chi connectivity index (χ0v) is 21.2. The van der Waals surface area contributed by atoms with E-state index in [0.717, 1.165) is 23.0 Å². The molecule has 1 aliphatic rings. The third-order valence-corrected chi connectivity index (χ3v) is 6.24. The van der Waals surface area contributed by atoms with Crippen LogP contribution in [0, 0.1) is 0 Å². The first kappa shape index (κ1) is 30.9. The summed E-state index contributed by atoms with van der Waals surface area (Å²) in [6, 6.07) is -0.335. The van der Waals surface area contributed by atoms with E-state index in [4.69, 9.17) is 9.47 Å². The topological polar surface area (TPSA) is 59.1 Å². The van der Waals surface area contributed by atoms with Gasteiger partial charge in [-0.05, 0) is 55.3 Å². The maximum atomic E-state index is 13.7. The zero-order chi connectivity index (χ0) is 30.2. The summed E-state index contributed by atoms with van der Waals surface area (Å²) in [5, 5.41) is 0. The van der Waals surface area contributed by atoms with Crippen molar-refractivity contribution in [1.82, 2.24) is 0 Å². The molecule has 0 bridgehead atoms. The molecule has 2 aromatic carbocycles.